The molecule has 2 aromatic carbocycles. The number of para-hydroxylation sites is 1. The summed E-state index contributed by atoms with van der Waals surface area (Å²) in [6, 6.07) is 13.0. The lowest BCUT2D eigenvalue weighted by molar-refractivity contribution is -0.384. The Morgan fingerprint density at radius 2 is 1.93 bits per heavy atom. The zero-order valence-electron chi connectivity index (χ0n) is 15.6. The minimum atomic E-state index is -0.633. The van der Waals surface area contributed by atoms with E-state index >= 15 is 0 Å². The van der Waals surface area contributed by atoms with Crippen LogP contribution in [0.3, 0.4) is 0 Å². The van der Waals surface area contributed by atoms with E-state index in [1.54, 1.807) is 31.2 Å². The zero-order valence-corrected chi connectivity index (χ0v) is 16.4. The molecular weight excluding hydrogens is 408 g/mol. The summed E-state index contributed by atoms with van der Waals surface area (Å²) in [4.78, 5) is 43.6. The minimum absolute atomic E-state index is 0.0576. The largest absolute Gasteiger partial charge is 0.452 e. The van der Waals surface area contributed by atoms with Gasteiger partial charge >= 0.3 is 5.97 Å². The molecule has 1 N–H and O–H groups in total. The van der Waals surface area contributed by atoms with E-state index in [4.69, 9.17) is 4.74 Å². The van der Waals surface area contributed by atoms with E-state index in [-0.39, 0.29) is 10.8 Å². The molecule has 0 aliphatic heterocycles. The van der Waals surface area contributed by atoms with E-state index in [1.807, 2.05) is 6.07 Å². The third kappa shape index (κ3) is 3.94. The number of thiazole rings is 1. The first-order valence-corrected chi connectivity index (χ1v) is 9.61. The molecule has 30 heavy (non-hydrogen) atoms. The van der Waals surface area contributed by atoms with E-state index in [0.717, 1.165) is 11.3 Å². The Kier molecular flexibility index (Phi) is 5.07. The maximum Gasteiger partial charge on any atom is 0.339 e. The van der Waals surface area contributed by atoms with Gasteiger partial charge in [-0.1, -0.05) is 29.5 Å². The number of hydrogen-bond acceptors (Lipinski definition) is 8. The van der Waals surface area contributed by atoms with Crippen molar-refractivity contribution in [2.45, 2.75) is 6.92 Å². The summed E-state index contributed by atoms with van der Waals surface area (Å²) < 4.78 is 5.72. The van der Waals surface area contributed by atoms with Gasteiger partial charge in [0.15, 0.2) is 11.7 Å². The fourth-order valence-electron chi connectivity index (χ4n) is 2.92. The van der Waals surface area contributed by atoms with Crippen molar-refractivity contribution in [1.82, 2.24) is 9.97 Å². The number of amides is 1. The fraction of sp³-hybridized carbons (Fsp3) is 0.100. The predicted octanol–water partition coefficient (Wildman–Crippen LogP) is 3.86. The Bertz CT molecular complexity index is 1320. The van der Waals surface area contributed by atoms with Crippen LogP contribution in [-0.2, 0) is 9.53 Å². The number of nitrogens with one attached hydrogen (secondary N) is 1. The summed E-state index contributed by atoms with van der Waals surface area (Å²) in [5.74, 6) is -1.20. The maximum absolute atomic E-state index is 12.5. The van der Waals surface area contributed by atoms with Crippen LogP contribution in [0.1, 0.15) is 16.1 Å². The number of fused-ring (bicyclic) bond motifs is 2. The summed E-state index contributed by atoms with van der Waals surface area (Å²) >= 11 is 1.10. The van der Waals surface area contributed by atoms with Gasteiger partial charge in [-0.15, -0.1) is 0 Å². The number of hydrogen-bond donors (Lipinski definition) is 1. The van der Waals surface area contributed by atoms with Gasteiger partial charge in [0, 0.05) is 23.2 Å². The molecule has 2 heterocycles. The number of aryl methyl sites for hydroxylation is 1. The quantitative estimate of drug-likeness (QED) is 0.294. The van der Waals surface area contributed by atoms with Crippen molar-refractivity contribution in [3.63, 3.8) is 0 Å². The number of pyridine rings is 1. The second-order valence-corrected chi connectivity index (χ2v) is 7.41. The van der Waals surface area contributed by atoms with Crippen molar-refractivity contribution in [1.29, 1.82) is 0 Å². The van der Waals surface area contributed by atoms with Gasteiger partial charge in [-0.3, -0.25) is 25.2 Å². The number of anilines is 1. The van der Waals surface area contributed by atoms with Gasteiger partial charge < -0.3 is 4.74 Å². The lowest BCUT2D eigenvalue weighted by Gasteiger charge is -2.08. The SMILES string of the molecule is Cc1cc(C(=O)OCC(=O)Nc2nc3ccc([N+](=O)[O-])cc3s2)c2ccccc2n1. The molecule has 1 amide bonds. The van der Waals surface area contributed by atoms with Crippen molar-refractivity contribution in [3.05, 3.63) is 69.9 Å². The molecule has 0 atom stereocenters. The first kappa shape index (κ1) is 19.4. The number of non-ortho nitro benzene ring substituents is 1. The van der Waals surface area contributed by atoms with Crippen molar-refractivity contribution in [2.24, 2.45) is 0 Å². The molecule has 0 fully saturated rings. The van der Waals surface area contributed by atoms with E-state index < -0.39 is 23.4 Å². The number of nitro groups is 1. The monoisotopic (exact) mass is 422 g/mol. The van der Waals surface area contributed by atoms with Crippen LogP contribution in [0.2, 0.25) is 0 Å². The fourth-order valence-corrected chi connectivity index (χ4v) is 3.84. The first-order chi connectivity index (χ1) is 14.4. The lowest BCUT2D eigenvalue weighted by Crippen LogP contribution is -2.21. The molecule has 9 nitrogen and oxygen atoms in total. The zero-order chi connectivity index (χ0) is 21.3. The topological polar surface area (TPSA) is 124 Å². The van der Waals surface area contributed by atoms with Crippen LogP contribution >= 0.6 is 11.3 Å². The number of ether oxygens (including phenoxy) is 1. The van der Waals surface area contributed by atoms with Crippen molar-refractivity contribution < 1.29 is 19.2 Å². The molecule has 0 bridgehead atoms. The Hall–Kier alpha value is -3.92. The second-order valence-electron chi connectivity index (χ2n) is 6.38. The molecule has 150 valence electrons. The van der Waals surface area contributed by atoms with E-state index in [1.165, 1.54) is 18.2 Å². The molecule has 0 unspecified atom stereocenters. The smallest absolute Gasteiger partial charge is 0.339 e. The summed E-state index contributed by atoms with van der Waals surface area (Å²) in [5.41, 5.74) is 2.12. The van der Waals surface area contributed by atoms with Crippen LogP contribution in [0.15, 0.2) is 48.5 Å². The number of nitro benzene ring substituents is 1. The van der Waals surface area contributed by atoms with Gasteiger partial charge in [-0.2, -0.15) is 0 Å². The highest BCUT2D eigenvalue weighted by Gasteiger charge is 2.16. The van der Waals surface area contributed by atoms with Crippen molar-refractivity contribution >= 4 is 55.2 Å². The Balaban J connectivity index is 1.44. The van der Waals surface area contributed by atoms with E-state index in [9.17, 15) is 19.7 Å². The average Bonchev–Trinajstić information content (AvgIpc) is 3.12. The normalized spacial score (nSPS) is 10.8. The molecule has 0 aliphatic rings. The third-order valence-corrected chi connectivity index (χ3v) is 5.16. The van der Waals surface area contributed by atoms with E-state index in [2.05, 4.69) is 15.3 Å². The Labute approximate surface area is 173 Å². The summed E-state index contributed by atoms with van der Waals surface area (Å²) in [6.45, 7) is 1.28. The number of nitrogens with zero attached hydrogens (tertiary/aromatic N) is 3. The molecule has 4 rings (SSSR count). The second kappa shape index (κ2) is 7.84. The van der Waals surface area contributed by atoms with Crippen molar-refractivity contribution in [3.8, 4) is 0 Å². The van der Waals surface area contributed by atoms with Gasteiger partial charge in [0.25, 0.3) is 11.6 Å². The summed E-state index contributed by atoms with van der Waals surface area (Å²) in [6.07, 6.45) is 0. The highest BCUT2D eigenvalue weighted by molar-refractivity contribution is 7.22. The lowest BCUT2D eigenvalue weighted by atomic mass is 10.1. The van der Waals surface area contributed by atoms with Crippen LogP contribution in [0, 0.1) is 17.0 Å². The van der Waals surface area contributed by atoms with Gasteiger partial charge in [-0.05, 0) is 25.1 Å². The first-order valence-electron chi connectivity index (χ1n) is 8.79. The molecule has 0 aliphatic carbocycles. The van der Waals surface area contributed by atoms with Crippen LogP contribution in [0.4, 0.5) is 10.8 Å². The summed E-state index contributed by atoms with van der Waals surface area (Å²) in [5, 5.41) is 14.3. The van der Waals surface area contributed by atoms with Gasteiger partial charge in [-0.25, -0.2) is 9.78 Å². The van der Waals surface area contributed by atoms with Crippen LogP contribution < -0.4 is 5.32 Å². The number of benzene rings is 2. The van der Waals surface area contributed by atoms with Gasteiger partial charge in [0.1, 0.15) is 0 Å². The molecular formula is C20H14N4O5S. The molecule has 0 radical (unpaired) electrons. The molecule has 10 heteroatoms. The standard InChI is InChI=1S/C20H14N4O5S/c1-11-8-14(13-4-2-3-5-15(13)21-11)19(26)29-10-18(25)23-20-22-16-7-6-12(24(27)28)9-17(16)30-20/h2-9H,10H2,1H3,(H,22,23,25). The number of aromatic nitrogens is 2. The highest BCUT2D eigenvalue weighted by Crippen LogP contribution is 2.29. The van der Waals surface area contributed by atoms with Gasteiger partial charge in [0.2, 0.25) is 0 Å². The number of esters is 1. The Morgan fingerprint density at radius 3 is 2.73 bits per heavy atom. The predicted molar refractivity (Wildman–Crippen MR) is 112 cm³/mol. The molecule has 2 aromatic heterocycles. The van der Waals surface area contributed by atoms with Crippen molar-refractivity contribution in [2.75, 3.05) is 11.9 Å². The Morgan fingerprint density at radius 1 is 1.13 bits per heavy atom. The molecule has 0 saturated heterocycles. The maximum atomic E-state index is 12.5. The third-order valence-electron chi connectivity index (χ3n) is 4.23. The van der Waals surface area contributed by atoms with Gasteiger partial charge in [0.05, 0.1) is 26.2 Å². The molecule has 0 spiro atoms. The van der Waals surface area contributed by atoms with Crippen LogP contribution in [0.25, 0.3) is 21.1 Å². The molecule has 4 aromatic rings. The minimum Gasteiger partial charge on any atom is -0.452 e. The molecule has 0 saturated carbocycles. The van der Waals surface area contributed by atoms with E-state index in [0.29, 0.717) is 32.4 Å². The van der Waals surface area contributed by atoms with Crippen LogP contribution in [0.5, 0.6) is 0 Å². The number of carbonyl (C=O) groups excluding carboxylic acids is 2. The van der Waals surface area contributed by atoms with Crippen LogP contribution in [-0.4, -0.2) is 33.4 Å². The number of carbonyl (C=O) groups is 2. The highest BCUT2D eigenvalue weighted by atomic mass is 32.1. The average molecular weight is 422 g/mol. The summed E-state index contributed by atoms with van der Waals surface area (Å²) in [7, 11) is 0. The number of rotatable bonds is 5.